The molecule has 0 unspecified atom stereocenters. The van der Waals surface area contributed by atoms with Crippen LogP contribution in [0.1, 0.15) is 0 Å². The van der Waals surface area contributed by atoms with Gasteiger partial charge in [0.15, 0.2) is 0 Å². The number of rotatable bonds is 2. The summed E-state index contributed by atoms with van der Waals surface area (Å²) >= 11 is 3.58. The van der Waals surface area contributed by atoms with Crippen LogP contribution in [0.5, 0.6) is 5.75 Å². The third-order valence-corrected chi connectivity index (χ3v) is 5.18. The average Bonchev–Trinajstić information content (AvgIpc) is 2.65. The lowest BCUT2D eigenvalue weighted by Gasteiger charge is -2.29. The van der Waals surface area contributed by atoms with E-state index in [-0.39, 0.29) is 11.1 Å². The highest BCUT2D eigenvalue weighted by Gasteiger charge is 2.17. The molecule has 4 rings (SSSR count). The van der Waals surface area contributed by atoms with Gasteiger partial charge in [0.25, 0.3) is 5.56 Å². The van der Waals surface area contributed by atoms with Gasteiger partial charge in [-0.25, -0.2) is 4.39 Å². The van der Waals surface area contributed by atoms with Gasteiger partial charge in [-0.1, -0.05) is 6.07 Å². The Bertz CT molecular complexity index is 1040. The van der Waals surface area contributed by atoms with E-state index in [2.05, 4.69) is 25.8 Å². The maximum atomic E-state index is 13.4. The third kappa shape index (κ3) is 2.97. The standard InChI is InChI=1S/C19H16BrFN2O3/c20-15-9-11(1-4-16(15)23-5-7-26-8-6-23)17-18(24)13-3-2-12(21)10-14(13)19(25)22-17/h1-4,9-10,24H,5-8H2,(H,22,25). The van der Waals surface area contributed by atoms with E-state index in [1.54, 1.807) is 0 Å². The van der Waals surface area contributed by atoms with Crippen molar-refractivity contribution in [1.29, 1.82) is 0 Å². The van der Waals surface area contributed by atoms with Gasteiger partial charge in [-0.15, -0.1) is 0 Å². The number of anilines is 1. The highest BCUT2D eigenvalue weighted by atomic mass is 79.9. The molecule has 0 amide bonds. The van der Waals surface area contributed by atoms with E-state index < -0.39 is 11.4 Å². The Morgan fingerprint density at radius 3 is 2.62 bits per heavy atom. The van der Waals surface area contributed by atoms with Crippen molar-refractivity contribution >= 4 is 32.4 Å². The van der Waals surface area contributed by atoms with Gasteiger partial charge in [-0.3, -0.25) is 4.79 Å². The SMILES string of the molecule is O=c1[nH]c(-c2ccc(N3CCOCC3)c(Br)c2)c(O)c2ccc(F)cc12. The summed E-state index contributed by atoms with van der Waals surface area (Å²) in [6.45, 7) is 2.98. The number of nitrogens with zero attached hydrogens (tertiary/aromatic N) is 1. The minimum absolute atomic E-state index is 0.0781. The number of ether oxygens (including phenoxy) is 1. The lowest BCUT2D eigenvalue weighted by Crippen LogP contribution is -2.36. The summed E-state index contributed by atoms with van der Waals surface area (Å²) < 4.78 is 19.6. The molecule has 2 aromatic carbocycles. The number of halogens is 2. The number of aromatic hydroxyl groups is 1. The molecule has 26 heavy (non-hydrogen) atoms. The number of aromatic amines is 1. The van der Waals surface area contributed by atoms with E-state index in [4.69, 9.17) is 4.74 Å². The summed E-state index contributed by atoms with van der Waals surface area (Å²) in [5, 5.41) is 11.0. The van der Waals surface area contributed by atoms with Crippen LogP contribution in [0.2, 0.25) is 0 Å². The monoisotopic (exact) mass is 418 g/mol. The summed E-state index contributed by atoms with van der Waals surface area (Å²) in [5.41, 5.74) is 1.56. The Kier molecular flexibility index (Phi) is 4.42. The van der Waals surface area contributed by atoms with Crippen LogP contribution in [0.4, 0.5) is 10.1 Å². The second kappa shape index (κ2) is 6.74. The fourth-order valence-corrected chi connectivity index (χ4v) is 3.85. The Labute approximate surface area is 157 Å². The van der Waals surface area contributed by atoms with Crippen molar-refractivity contribution in [2.45, 2.75) is 0 Å². The number of H-pyrrole nitrogens is 1. The van der Waals surface area contributed by atoms with Crippen LogP contribution in [0.25, 0.3) is 22.0 Å². The first-order chi connectivity index (χ1) is 12.5. The molecule has 5 nitrogen and oxygen atoms in total. The van der Waals surface area contributed by atoms with Crippen LogP contribution in [0.3, 0.4) is 0 Å². The molecule has 1 aliphatic heterocycles. The van der Waals surface area contributed by atoms with Crippen LogP contribution in [0.15, 0.2) is 45.7 Å². The quantitative estimate of drug-likeness (QED) is 0.666. The van der Waals surface area contributed by atoms with E-state index in [1.165, 1.54) is 12.1 Å². The van der Waals surface area contributed by atoms with E-state index in [0.717, 1.165) is 29.3 Å². The van der Waals surface area contributed by atoms with Crippen molar-refractivity contribution in [1.82, 2.24) is 4.98 Å². The molecule has 3 aromatic rings. The Morgan fingerprint density at radius 1 is 1.12 bits per heavy atom. The zero-order chi connectivity index (χ0) is 18.3. The topological polar surface area (TPSA) is 65.6 Å². The lowest BCUT2D eigenvalue weighted by atomic mass is 10.0. The molecule has 0 aliphatic carbocycles. The summed E-state index contributed by atoms with van der Waals surface area (Å²) in [5.74, 6) is -0.599. The first kappa shape index (κ1) is 17.1. The maximum absolute atomic E-state index is 13.4. The fourth-order valence-electron chi connectivity index (χ4n) is 3.22. The third-order valence-electron chi connectivity index (χ3n) is 4.54. The summed E-state index contributed by atoms with van der Waals surface area (Å²) in [7, 11) is 0. The minimum atomic E-state index is -0.521. The Balaban J connectivity index is 1.80. The van der Waals surface area contributed by atoms with Gasteiger partial charge < -0.3 is 19.7 Å². The predicted octanol–water partition coefficient (Wildman–Crippen LogP) is 3.64. The number of morpholine rings is 1. The van der Waals surface area contributed by atoms with Crippen molar-refractivity contribution in [3.63, 3.8) is 0 Å². The first-order valence-corrected chi connectivity index (χ1v) is 9.01. The largest absolute Gasteiger partial charge is 0.505 e. The van der Waals surface area contributed by atoms with Gasteiger partial charge in [0.05, 0.1) is 30.0 Å². The molecular weight excluding hydrogens is 403 g/mol. The molecule has 0 bridgehead atoms. The number of pyridine rings is 1. The molecule has 0 atom stereocenters. The van der Waals surface area contributed by atoms with Crippen LogP contribution < -0.4 is 10.5 Å². The highest BCUT2D eigenvalue weighted by molar-refractivity contribution is 9.10. The van der Waals surface area contributed by atoms with Crippen molar-refractivity contribution < 1.29 is 14.2 Å². The highest BCUT2D eigenvalue weighted by Crippen LogP contribution is 2.36. The normalized spacial score (nSPS) is 14.8. The number of hydrogen-bond acceptors (Lipinski definition) is 4. The molecule has 1 fully saturated rings. The Morgan fingerprint density at radius 2 is 1.88 bits per heavy atom. The molecule has 134 valence electrons. The van der Waals surface area contributed by atoms with Gasteiger partial charge in [0.1, 0.15) is 11.6 Å². The molecule has 7 heteroatoms. The predicted molar refractivity (Wildman–Crippen MR) is 102 cm³/mol. The number of nitrogens with one attached hydrogen (secondary N) is 1. The van der Waals surface area contributed by atoms with Crippen LogP contribution in [0, 0.1) is 5.82 Å². The van der Waals surface area contributed by atoms with Crippen molar-refractivity contribution in [2.24, 2.45) is 0 Å². The van der Waals surface area contributed by atoms with Crippen molar-refractivity contribution in [3.8, 4) is 17.0 Å². The van der Waals surface area contributed by atoms with Gasteiger partial charge in [0, 0.05) is 28.5 Å². The van der Waals surface area contributed by atoms with Gasteiger partial charge in [-0.2, -0.15) is 0 Å². The first-order valence-electron chi connectivity index (χ1n) is 8.22. The summed E-state index contributed by atoms with van der Waals surface area (Å²) in [4.78, 5) is 17.2. The minimum Gasteiger partial charge on any atom is -0.505 e. The maximum Gasteiger partial charge on any atom is 0.256 e. The molecule has 1 saturated heterocycles. The molecule has 1 aromatic heterocycles. The Hall–Kier alpha value is -2.38. The van der Waals surface area contributed by atoms with Gasteiger partial charge >= 0.3 is 0 Å². The van der Waals surface area contributed by atoms with Crippen molar-refractivity contribution in [3.05, 3.63) is 57.0 Å². The zero-order valence-electron chi connectivity index (χ0n) is 13.8. The number of fused-ring (bicyclic) bond motifs is 1. The smallest absolute Gasteiger partial charge is 0.256 e. The fraction of sp³-hybridized carbons (Fsp3) is 0.211. The molecule has 2 heterocycles. The van der Waals surface area contributed by atoms with E-state index in [9.17, 15) is 14.3 Å². The summed E-state index contributed by atoms with van der Waals surface area (Å²) in [6, 6.07) is 9.39. The number of benzene rings is 2. The lowest BCUT2D eigenvalue weighted by molar-refractivity contribution is 0.122. The second-order valence-electron chi connectivity index (χ2n) is 6.13. The van der Waals surface area contributed by atoms with Crippen LogP contribution >= 0.6 is 15.9 Å². The zero-order valence-corrected chi connectivity index (χ0v) is 15.3. The molecular formula is C19H16BrFN2O3. The average molecular weight is 419 g/mol. The second-order valence-corrected chi connectivity index (χ2v) is 6.99. The van der Waals surface area contributed by atoms with E-state index >= 15 is 0 Å². The van der Waals surface area contributed by atoms with E-state index in [1.807, 2.05) is 18.2 Å². The molecule has 0 radical (unpaired) electrons. The number of hydrogen-bond donors (Lipinski definition) is 2. The molecule has 1 aliphatic rings. The van der Waals surface area contributed by atoms with Crippen LogP contribution in [-0.2, 0) is 4.74 Å². The molecule has 0 spiro atoms. The van der Waals surface area contributed by atoms with Crippen LogP contribution in [-0.4, -0.2) is 36.4 Å². The van der Waals surface area contributed by atoms with Gasteiger partial charge in [-0.05, 0) is 46.3 Å². The van der Waals surface area contributed by atoms with Crippen molar-refractivity contribution in [2.75, 3.05) is 31.2 Å². The molecule has 0 saturated carbocycles. The summed E-state index contributed by atoms with van der Waals surface area (Å²) in [6.07, 6.45) is 0. The van der Waals surface area contributed by atoms with Gasteiger partial charge in [0.2, 0.25) is 0 Å². The molecule has 2 N–H and O–H groups in total. The van der Waals surface area contributed by atoms with E-state index in [0.29, 0.717) is 29.9 Å². The number of aromatic nitrogens is 1.